The predicted octanol–water partition coefficient (Wildman–Crippen LogP) is 1.33. The van der Waals surface area contributed by atoms with Crippen LogP contribution in [0.15, 0.2) is 6.20 Å². The molecule has 0 bridgehead atoms. The van der Waals surface area contributed by atoms with Crippen LogP contribution in [0.1, 0.15) is 13.3 Å². The van der Waals surface area contributed by atoms with Gasteiger partial charge in [-0.1, -0.05) is 0 Å². The van der Waals surface area contributed by atoms with Crippen molar-refractivity contribution in [1.82, 2.24) is 9.97 Å². The molecule has 0 aliphatic carbocycles. The third-order valence-electron chi connectivity index (χ3n) is 2.53. The van der Waals surface area contributed by atoms with Crippen molar-refractivity contribution in [2.45, 2.75) is 24.9 Å². The number of aromatic nitrogens is 2. The SMILES string of the molecule is CCOc1nc(OCC2OC(CC(=O)O)CS2)ncc1F. The second kappa shape index (κ2) is 7.41. The molecule has 2 atom stereocenters. The van der Waals surface area contributed by atoms with Gasteiger partial charge < -0.3 is 19.3 Å². The largest absolute Gasteiger partial charge is 0.481 e. The lowest BCUT2D eigenvalue weighted by Gasteiger charge is -2.12. The predicted molar refractivity (Wildman–Crippen MR) is 72.0 cm³/mol. The summed E-state index contributed by atoms with van der Waals surface area (Å²) in [4.78, 5) is 18.1. The Bertz CT molecular complexity index is 505. The van der Waals surface area contributed by atoms with Gasteiger partial charge in [0.1, 0.15) is 12.0 Å². The van der Waals surface area contributed by atoms with Gasteiger partial charge in [0.05, 0.1) is 25.3 Å². The number of hydrogen-bond acceptors (Lipinski definition) is 7. The number of carboxylic acids is 1. The van der Waals surface area contributed by atoms with Crippen molar-refractivity contribution >= 4 is 17.7 Å². The van der Waals surface area contributed by atoms with Gasteiger partial charge in [-0.2, -0.15) is 9.37 Å². The molecule has 1 aromatic heterocycles. The van der Waals surface area contributed by atoms with Crippen LogP contribution in [0.5, 0.6) is 11.9 Å². The average Bonchev–Trinajstić information content (AvgIpc) is 2.86. The summed E-state index contributed by atoms with van der Waals surface area (Å²) in [5, 5.41) is 8.69. The topological polar surface area (TPSA) is 90.8 Å². The monoisotopic (exact) mass is 318 g/mol. The summed E-state index contributed by atoms with van der Waals surface area (Å²) in [5.74, 6) is -1.12. The summed E-state index contributed by atoms with van der Waals surface area (Å²) < 4.78 is 29.1. The molecule has 9 heteroatoms. The summed E-state index contributed by atoms with van der Waals surface area (Å²) in [5.41, 5.74) is -0.293. The first kappa shape index (κ1) is 15.8. The van der Waals surface area contributed by atoms with Crippen LogP contribution < -0.4 is 9.47 Å². The van der Waals surface area contributed by atoms with Crippen molar-refractivity contribution in [2.75, 3.05) is 19.0 Å². The van der Waals surface area contributed by atoms with E-state index in [-0.39, 0.29) is 43.1 Å². The molecule has 1 aliphatic rings. The van der Waals surface area contributed by atoms with E-state index in [1.54, 1.807) is 6.92 Å². The number of halogens is 1. The highest BCUT2D eigenvalue weighted by molar-refractivity contribution is 8.00. The lowest BCUT2D eigenvalue weighted by Crippen LogP contribution is -2.20. The molecule has 7 nitrogen and oxygen atoms in total. The zero-order chi connectivity index (χ0) is 15.2. The van der Waals surface area contributed by atoms with Gasteiger partial charge in [0.25, 0.3) is 5.88 Å². The molecule has 0 radical (unpaired) electrons. The number of ether oxygens (including phenoxy) is 3. The Labute approximate surface area is 124 Å². The molecule has 2 heterocycles. The van der Waals surface area contributed by atoms with E-state index in [0.717, 1.165) is 6.20 Å². The molecule has 0 saturated carbocycles. The molecule has 21 heavy (non-hydrogen) atoms. The van der Waals surface area contributed by atoms with Gasteiger partial charge in [0.15, 0.2) is 0 Å². The molecule has 1 saturated heterocycles. The van der Waals surface area contributed by atoms with Crippen LogP contribution in [0.4, 0.5) is 4.39 Å². The summed E-state index contributed by atoms with van der Waals surface area (Å²) >= 11 is 1.46. The summed E-state index contributed by atoms with van der Waals surface area (Å²) in [6, 6.07) is -0.00858. The average molecular weight is 318 g/mol. The van der Waals surface area contributed by atoms with Crippen molar-refractivity contribution in [3.8, 4) is 11.9 Å². The smallest absolute Gasteiger partial charge is 0.319 e. The van der Waals surface area contributed by atoms with E-state index in [2.05, 4.69) is 9.97 Å². The third kappa shape index (κ3) is 4.71. The van der Waals surface area contributed by atoms with E-state index in [1.807, 2.05) is 0 Å². The molecular weight excluding hydrogens is 303 g/mol. The molecule has 1 aromatic rings. The van der Waals surface area contributed by atoms with E-state index in [4.69, 9.17) is 19.3 Å². The highest BCUT2D eigenvalue weighted by Gasteiger charge is 2.28. The fourth-order valence-corrected chi connectivity index (χ4v) is 2.71. The van der Waals surface area contributed by atoms with E-state index < -0.39 is 11.8 Å². The highest BCUT2D eigenvalue weighted by Crippen LogP contribution is 2.27. The standard InChI is InChI=1S/C12H15FN2O5S/c1-2-18-11-8(13)4-14-12(15-11)19-5-10-20-7(6-21-10)3-9(16)17/h4,7,10H,2-3,5-6H2,1H3,(H,16,17). The van der Waals surface area contributed by atoms with E-state index >= 15 is 0 Å². The third-order valence-corrected chi connectivity index (χ3v) is 3.72. The first-order valence-corrected chi connectivity index (χ1v) is 7.40. The van der Waals surface area contributed by atoms with Crippen LogP contribution in [0, 0.1) is 5.82 Å². The number of aliphatic carboxylic acids is 1. The zero-order valence-electron chi connectivity index (χ0n) is 11.3. The highest BCUT2D eigenvalue weighted by atomic mass is 32.2. The molecular formula is C12H15FN2O5S. The maximum Gasteiger partial charge on any atom is 0.319 e. The Morgan fingerprint density at radius 2 is 2.43 bits per heavy atom. The number of rotatable bonds is 7. The van der Waals surface area contributed by atoms with Crippen LogP contribution >= 0.6 is 11.8 Å². The number of thioether (sulfide) groups is 1. The zero-order valence-corrected chi connectivity index (χ0v) is 12.1. The Morgan fingerprint density at radius 1 is 1.62 bits per heavy atom. The van der Waals surface area contributed by atoms with E-state index in [0.29, 0.717) is 5.75 Å². The molecule has 1 fully saturated rings. The maximum absolute atomic E-state index is 13.3. The van der Waals surface area contributed by atoms with Crippen LogP contribution in [0.3, 0.4) is 0 Å². The van der Waals surface area contributed by atoms with Crippen molar-refractivity contribution in [1.29, 1.82) is 0 Å². The van der Waals surface area contributed by atoms with Crippen LogP contribution in [0.2, 0.25) is 0 Å². The maximum atomic E-state index is 13.3. The second-order valence-electron chi connectivity index (χ2n) is 4.17. The molecule has 1 aliphatic heterocycles. The van der Waals surface area contributed by atoms with Crippen LogP contribution in [-0.4, -0.2) is 51.6 Å². The molecule has 0 aromatic carbocycles. The van der Waals surface area contributed by atoms with Crippen molar-refractivity contribution in [3.63, 3.8) is 0 Å². The molecule has 0 spiro atoms. The quantitative estimate of drug-likeness (QED) is 0.805. The summed E-state index contributed by atoms with van der Waals surface area (Å²) in [6.45, 7) is 2.15. The van der Waals surface area contributed by atoms with Gasteiger partial charge in [-0.05, 0) is 6.92 Å². The number of nitrogens with zero attached hydrogens (tertiary/aromatic N) is 2. The van der Waals surface area contributed by atoms with Crippen molar-refractivity contribution < 1.29 is 28.5 Å². The fraction of sp³-hybridized carbons (Fsp3) is 0.583. The molecule has 2 unspecified atom stereocenters. The first-order valence-electron chi connectivity index (χ1n) is 6.35. The number of hydrogen-bond donors (Lipinski definition) is 1. The Hall–Kier alpha value is -1.61. The van der Waals surface area contributed by atoms with Crippen molar-refractivity contribution in [3.05, 3.63) is 12.0 Å². The van der Waals surface area contributed by atoms with Crippen LogP contribution in [-0.2, 0) is 9.53 Å². The lowest BCUT2D eigenvalue weighted by molar-refractivity contribution is -0.139. The summed E-state index contributed by atoms with van der Waals surface area (Å²) in [6.07, 6.45) is 0.614. The molecule has 2 rings (SSSR count). The Morgan fingerprint density at radius 3 is 3.14 bits per heavy atom. The Balaban J connectivity index is 1.83. The minimum atomic E-state index is -0.898. The van der Waals surface area contributed by atoms with Gasteiger partial charge in [0.2, 0.25) is 5.82 Å². The van der Waals surface area contributed by atoms with Crippen molar-refractivity contribution in [2.24, 2.45) is 0 Å². The van der Waals surface area contributed by atoms with E-state index in [1.165, 1.54) is 11.8 Å². The van der Waals surface area contributed by atoms with Gasteiger partial charge in [-0.15, -0.1) is 11.8 Å². The lowest BCUT2D eigenvalue weighted by atomic mass is 10.3. The normalized spacial score (nSPS) is 21.2. The summed E-state index contributed by atoms with van der Waals surface area (Å²) in [7, 11) is 0. The minimum absolute atomic E-state index is 0.00858. The van der Waals surface area contributed by atoms with Gasteiger partial charge in [-0.3, -0.25) is 4.79 Å². The van der Waals surface area contributed by atoms with E-state index in [9.17, 15) is 9.18 Å². The number of carbonyl (C=O) groups is 1. The first-order chi connectivity index (χ1) is 10.1. The minimum Gasteiger partial charge on any atom is -0.481 e. The van der Waals surface area contributed by atoms with Crippen LogP contribution in [0.25, 0.3) is 0 Å². The molecule has 116 valence electrons. The van der Waals surface area contributed by atoms with Gasteiger partial charge in [-0.25, -0.2) is 4.98 Å². The molecule has 0 amide bonds. The fourth-order valence-electron chi connectivity index (χ4n) is 1.68. The second-order valence-corrected chi connectivity index (χ2v) is 5.36. The van der Waals surface area contributed by atoms with Gasteiger partial charge >= 0.3 is 12.0 Å². The Kier molecular flexibility index (Phi) is 5.57. The molecule has 1 N–H and O–H groups in total. The van der Waals surface area contributed by atoms with Gasteiger partial charge in [0, 0.05) is 5.75 Å². The number of carboxylic acid groups (broad SMARTS) is 1.